The van der Waals surface area contributed by atoms with Crippen LogP contribution in [0, 0.1) is 6.92 Å². The van der Waals surface area contributed by atoms with Gasteiger partial charge in [0.05, 0.1) is 0 Å². The molecule has 0 unspecified atom stereocenters. The van der Waals surface area contributed by atoms with Crippen molar-refractivity contribution < 1.29 is 4.79 Å². The number of hydrogen-bond donors (Lipinski definition) is 2. The van der Waals surface area contributed by atoms with Crippen molar-refractivity contribution in [2.24, 2.45) is 7.05 Å². The average molecular weight is 272 g/mol. The molecule has 0 fully saturated rings. The Morgan fingerprint density at radius 1 is 1.35 bits per heavy atom. The highest BCUT2D eigenvalue weighted by molar-refractivity contribution is 6.03. The molecule has 106 valence electrons. The van der Waals surface area contributed by atoms with Gasteiger partial charge in [0.2, 0.25) is 0 Å². The fraction of sp³-hybridized carbons (Fsp3) is 0.333. The van der Waals surface area contributed by atoms with Gasteiger partial charge >= 0.3 is 0 Å². The third kappa shape index (κ3) is 3.24. The second-order valence-electron chi connectivity index (χ2n) is 4.69. The number of carbonyl (C=O) groups excluding carboxylic acids is 1. The molecular formula is C15H20N4O. The molecule has 5 nitrogen and oxygen atoms in total. The minimum atomic E-state index is -0.183. The number of carbonyl (C=O) groups is 1. The van der Waals surface area contributed by atoms with Crippen LogP contribution in [0.5, 0.6) is 0 Å². The predicted octanol–water partition coefficient (Wildman–Crippen LogP) is 2.09. The molecule has 1 amide bonds. The first-order chi connectivity index (χ1) is 9.61. The second kappa shape index (κ2) is 6.34. The number of aromatic nitrogens is 2. The van der Waals surface area contributed by atoms with E-state index in [0.29, 0.717) is 5.69 Å². The van der Waals surface area contributed by atoms with Gasteiger partial charge in [-0.15, -0.1) is 0 Å². The van der Waals surface area contributed by atoms with Gasteiger partial charge in [-0.25, -0.2) is 0 Å². The summed E-state index contributed by atoms with van der Waals surface area (Å²) in [6.45, 7) is 5.59. The van der Waals surface area contributed by atoms with Gasteiger partial charge in [-0.2, -0.15) is 5.10 Å². The predicted molar refractivity (Wildman–Crippen MR) is 79.7 cm³/mol. The number of nitrogens with zero attached hydrogens (tertiary/aromatic N) is 2. The van der Waals surface area contributed by atoms with E-state index in [2.05, 4.69) is 22.7 Å². The minimum Gasteiger partial charge on any atom is -0.320 e. The molecule has 20 heavy (non-hydrogen) atoms. The first-order valence-electron chi connectivity index (χ1n) is 6.72. The molecular weight excluding hydrogens is 252 g/mol. The van der Waals surface area contributed by atoms with Crippen LogP contribution < -0.4 is 10.6 Å². The Hall–Kier alpha value is -2.14. The van der Waals surface area contributed by atoms with Crippen LogP contribution in [0.1, 0.15) is 28.7 Å². The molecule has 0 spiro atoms. The summed E-state index contributed by atoms with van der Waals surface area (Å²) in [5.74, 6) is -0.183. The number of hydrogen-bond acceptors (Lipinski definition) is 3. The molecule has 0 radical (unpaired) electrons. The van der Waals surface area contributed by atoms with E-state index in [1.165, 1.54) is 0 Å². The van der Waals surface area contributed by atoms with Crippen LogP contribution in [0.15, 0.2) is 30.3 Å². The molecule has 5 heteroatoms. The zero-order chi connectivity index (χ0) is 14.5. The molecule has 2 rings (SSSR count). The summed E-state index contributed by atoms with van der Waals surface area (Å²) in [6, 6.07) is 9.56. The van der Waals surface area contributed by atoms with Gasteiger partial charge in [0.15, 0.2) is 5.69 Å². The highest BCUT2D eigenvalue weighted by Gasteiger charge is 2.12. The monoisotopic (exact) mass is 272 g/mol. The fourth-order valence-corrected chi connectivity index (χ4v) is 1.91. The third-order valence-corrected chi connectivity index (χ3v) is 3.18. The maximum Gasteiger partial charge on any atom is 0.276 e. The maximum atomic E-state index is 12.2. The van der Waals surface area contributed by atoms with Gasteiger partial charge in [-0.3, -0.25) is 9.48 Å². The van der Waals surface area contributed by atoms with Gasteiger partial charge in [0, 0.05) is 25.0 Å². The molecule has 0 atom stereocenters. The number of anilines is 1. The van der Waals surface area contributed by atoms with Crippen LogP contribution in [0.25, 0.3) is 0 Å². The number of amides is 1. The Morgan fingerprint density at radius 2 is 2.10 bits per heavy atom. The fourth-order valence-electron chi connectivity index (χ4n) is 1.91. The van der Waals surface area contributed by atoms with E-state index in [1.54, 1.807) is 10.7 Å². The topological polar surface area (TPSA) is 58.9 Å². The Labute approximate surface area is 119 Å². The quantitative estimate of drug-likeness (QED) is 0.876. The summed E-state index contributed by atoms with van der Waals surface area (Å²) in [5.41, 5.74) is 3.27. The van der Waals surface area contributed by atoms with Crippen molar-refractivity contribution in [3.63, 3.8) is 0 Å². The Kier molecular flexibility index (Phi) is 4.53. The van der Waals surface area contributed by atoms with Crippen molar-refractivity contribution in [2.45, 2.75) is 20.4 Å². The highest BCUT2D eigenvalue weighted by atomic mass is 16.1. The van der Waals surface area contributed by atoms with E-state index in [-0.39, 0.29) is 5.91 Å². The van der Waals surface area contributed by atoms with E-state index < -0.39 is 0 Å². The largest absolute Gasteiger partial charge is 0.320 e. The van der Waals surface area contributed by atoms with Crippen LogP contribution in [-0.4, -0.2) is 22.2 Å². The van der Waals surface area contributed by atoms with Crippen LogP contribution >= 0.6 is 0 Å². The van der Waals surface area contributed by atoms with Gasteiger partial charge in [-0.1, -0.05) is 25.1 Å². The summed E-state index contributed by atoms with van der Waals surface area (Å²) in [7, 11) is 1.82. The molecule has 2 N–H and O–H groups in total. The molecule has 0 aliphatic rings. The lowest BCUT2D eigenvalue weighted by Crippen LogP contribution is -2.17. The maximum absolute atomic E-state index is 12.2. The second-order valence-corrected chi connectivity index (χ2v) is 4.69. The molecule has 0 saturated carbocycles. The molecule has 1 aromatic heterocycles. The molecule has 0 saturated heterocycles. The summed E-state index contributed by atoms with van der Waals surface area (Å²) in [5, 5.41) is 10.4. The van der Waals surface area contributed by atoms with E-state index in [0.717, 1.165) is 30.0 Å². The molecule has 2 aromatic rings. The average Bonchev–Trinajstić information content (AvgIpc) is 2.78. The van der Waals surface area contributed by atoms with Crippen molar-refractivity contribution in [2.75, 3.05) is 11.9 Å². The normalized spacial score (nSPS) is 10.6. The van der Waals surface area contributed by atoms with Crippen LogP contribution in [-0.2, 0) is 13.6 Å². The summed E-state index contributed by atoms with van der Waals surface area (Å²) in [4.78, 5) is 12.2. The van der Waals surface area contributed by atoms with Crippen LogP contribution in [0.4, 0.5) is 5.69 Å². The summed E-state index contributed by atoms with van der Waals surface area (Å²) < 4.78 is 1.69. The number of aryl methyl sites for hydroxylation is 2. The molecule has 1 aromatic carbocycles. The lowest BCUT2D eigenvalue weighted by molar-refractivity contribution is 0.102. The van der Waals surface area contributed by atoms with Crippen LogP contribution in [0.2, 0.25) is 0 Å². The smallest absolute Gasteiger partial charge is 0.276 e. The Morgan fingerprint density at radius 3 is 2.75 bits per heavy atom. The van der Waals surface area contributed by atoms with Crippen molar-refractivity contribution in [3.05, 3.63) is 47.3 Å². The van der Waals surface area contributed by atoms with Gasteiger partial charge in [0.1, 0.15) is 0 Å². The SMILES string of the molecule is CCNCc1ccccc1NC(=O)c1cc(C)n(C)n1. The molecule has 1 heterocycles. The van der Waals surface area contributed by atoms with Crippen molar-refractivity contribution in [1.29, 1.82) is 0 Å². The number of benzene rings is 1. The lowest BCUT2D eigenvalue weighted by Gasteiger charge is -2.10. The van der Waals surface area contributed by atoms with Crippen LogP contribution in [0.3, 0.4) is 0 Å². The first kappa shape index (κ1) is 14.3. The highest BCUT2D eigenvalue weighted by Crippen LogP contribution is 2.16. The zero-order valence-electron chi connectivity index (χ0n) is 12.1. The Bertz CT molecular complexity index is 584. The molecule has 0 bridgehead atoms. The van der Waals surface area contributed by atoms with Gasteiger partial charge in [-0.05, 0) is 31.2 Å². The third-order valence-electron chi connectivity index (χ3n) is 3.18. The van der Waals surface area contributed by atoms with Gasteiger partial charge in [0.25, 0.3) is 5.91 Å². The van der Waals surface area contributed by atoms with E-state index in [1.807, 2.05) is 38.2 Å². The van der Waals surface area contributed by atoms with Crippen molar-refractivity contribution >= 4 is 11.6 Å². The minimum absolute atomic E-state index is 0.183. The standard InChI is InChI=1S/C15H20N4O/c1-4-16-10-12-7-5-6-8-13(12)17-15(20)14-9-11(2)19(3)18-14/h5-9,16H,4,10H2,1-3H3,(H,17,20). The number of rotatable bonds is 5. The van der Waals surface area contributed by atoms with Gasteiger partial charge < -0.3 is 10.6 Å². The lowest BCUT2D eigenvalue weighted by atomic mass is 10.1. The summed E-state index contributed by atoms with van der Waals surface area (Å²) >= 11 is 0. The molecule has 0 aliphatic carbocycles. The first-order valence-corrected chi connectivity index (χ1v) is 6.72. The van der Waals surface area contributed by atoms with Crippen molar-refractivity contribution in [1.82, 2.24) is 15.1 Å². The van der Waals surface area contributed by atoms with E-state index in [9.17, 15) is 4.79 Å². The van der Waals surface area contributed by atoms with E-state index in [4.69, 9.17) is 0 Å². The zero-order valence-corrected chi connectivity index (χ0v) is 12.1. The number of nitrogens with one attached hydrogen (secondary N) is 2. The summed E-state index contributed by atoms with van der Waals surface area (Å²) in [6.07, 6.45) is 0. The van der Waals surface area contributed by atoms with Crippen molar-refractivity contribution in [3.8, 4) is 0 Å². The Balaban J connectivity index is 2.15. The van der Waals surface area contributed by atoms with E-state index >= 15 is 0 Å². The number of para-hydroxylation sites is 1. The molecule has 0 aliphatic heterocycles.